The molecular weight excluding hydrogens is 304 g/mol. The Morgan fingerprint density at radius 3 is 2.88 bits per heavy atom. The van der Waals surface area contributed by atoms with Crippen LogP contribution in [0.25, 0.3) is 0 Å². The third-order valence-electron chi connectivity index (χ3n) is 2.43. The molecule has 1 aliphatic rings. The van der Waals surface area contributed by atoms with Gasteiger partial charge < -0.3 is 14.6 Å². The maximum absolute atomic E-state index is 9.67. The lowest BCUT2D eigenvalue weighted by atomic mass is 10.3. The summed E-state index contributed by atoms with van der Waals surface area (Å²) in [5, 5.41) is 9.67. The first-order chi connectivity index (χ1) is 8.25. The van der Waals surface area contributed by atoms with Crippen LogP contribution in [0.15, 0.2) is 27.6 Å². The minimum atomic E-state index is -0.0782. The molecule has 3 nitrogen and oxygen atoms in total. The van der Waals surface area contributed by atoms with Gasteiger partial charge in [0.25, 0.3) is 0 Å². The predicted octanol–water partition coefficient (Wildman–Crippen LogP) is 3.40. The van der Waals surface area contributed by atoms with E-state index in [9.17, 15) is 5.11 Å². The molecule has 1 saturated heterocycles. The van der Waals surface area contributed by atoms with Crippen molar-refractivity contribution in [1.82, 2.24) is 0 Å². The van der Waals surface area contributed by atoms with Crippen molar-refractivity contribution in [2.45, 2.75) is 24.0 Å². The molecule has 94 valence electrons. The van der Waals surface area contributed by atoms with Gasteiger partial charge in [0.05, 0.1) is 18.1 Å². The maximum Gasteiger partial charge on any atom is 0.158 e. The topological polar surface area (TPSA) is 38.7 Å². The monoisotopic (exact) mass is 318 g/mol. The average molecular weight is 319 g/mol. The predicted molar refractivity (Wildman–Crippen MR) is 71.5 cm³/mol. The number of aromatic hydroxyl groups is 1. The standard InChI is InChI=1S/C12H15BrO3S/c13-9-2-3-10(14)11(8-9)17-7-4-12-15-5-1-6-16-12/h2-3,8,12,14H,1,4-7H2. The number of thioether (sulfide) groups is 1. The van der Waals surface area contributed by atoms with E-state index in [-0.39, 0.29) is 6.29 Å². The summed E-state index contributed by atoms with van der Waals surface area (Å²) in [5.41, 5.74) is 0. The highest BCUT2D eigenvalue weighted by atomic mass is 79.9. The molecule has 0 saturated carbocycles. The Morgan fingerprint density at radius 2 is 2.12 bits per heavy atom. The van der Waals surface area contributed by atoms with E-state index in [1.807, 2.05) is 12.1 Å². The number of halogens is 1. The molecule has 0 amide bonds. The van der Waals surface area contributed by atoms with Gasteiger partial charge in [0.1, 0.15) is 5.75 Å². The summed E-state index contributed by atoms with van der Waals surface area (Å²) in [4.78, 5) is 0.884. The molecular formula is C12H15BrO3S. The van der Waals surface area contributed by atoms with Crippen LogP contribution in [0.5, 0.6) is 5.75 Å². The van der Waals surface area contributed by atoms with Crippen LogP contribution in [-0.2, 0) is 9.47 Å². The molecule has 2 rings (SSSR count). The highest BCUT2D eigenvalue weighted by molar-refractivity contribution is 9.10. The van der Waals surface area contributed by atoms with Crippen LogP contribution in [0.4, 0.5) is 0 Å². The van der Waals surface area contributed by atoms with Crippen LogP contribution >= 0.6 is 27.7 Å². The molecule has 1 aromatic carbocycles. The first-order valence-electron chi connectivity index (χ1n) is 5.60. The Labute approximate surface area is 114 Å². The number of rotatable bonds is 4. The lowest BCUT2D eigenvalue weighted by Crippen LogP contribution is -2.25. The van der Waals surface area contributed by atoms with Gasteiger partial charge in [0, 0.05) is 16.6 Å². The second-order valence-corrected chi connectivity index (χ2v) is 5.83. The molecule has 1 heterocycles. The summed E-state index contributed by atoms with van der Waals surface area (Å²) in [6.07, 6.45) is 1.75. The summed E-state index contributed by atoms with van der Waals surface area (Å²) in [6.45, 7) is 1.58. The quantitative estimate of drug-likeness (QED) is 0.863. The van der Waals surface area contributed by atoms with Crippen molar-refractivity contribution >= 4 is 27.7 Å². The van der Waals surface area contributed by atoms with Gasteiger partial charge in [-0.15, -0.1) is 11.8 Å². The van der Waals surface area contributed by atoms with E-state index in [1.54, 1.807) is 17.8 Å². The summed E-state index contributed by atoms with van der Waals surface area (Å²) in [7, 11) is 0. The molecule has 0 spiro atoms. The fraction of sp³-hybridized carbons (Fsp3) is 0.500. The van der Waals surface area contributed by atoms with Crippen LogP contribution < -0.4 is 0 Å². The fourth-order valence-electron chi connectivity index (χ4n) is 1.57. The molecule has 0 radical (unpaired) electrons. The van der Waals surface area contributed by atoms with Gasteiger partial charge in [-0.3, -0.25) is 0 Å². The SMILES string of the molecule is Oc1ccc(Br)cc1SCCC1OCCCO1. The van der Waals surface area contributed by atoms with Crippen LogP contribution in [0.3, 0.4) is 0 Å². The number of phenols is 1. The molecule has 17 heavy (non-hydrogen) atoms. The van der Waals surface area contributed by atoms with Crippen molar-refractivity contribution in [3.63, 3.8) is 0 Å². The molecule has 1 N–H and O–H groups in total. The molecule has 0 aromatic heterocycles. The number of phenolic OH excluding ortho intramolecular Hbond substituents is 1. The highest BCUT2D eigenvalue weighted by Gasteiger charge is 2.14. The Hall–Kier alpha value is -0.230. The van der Waals surface area contributed by atoms with Gasteiger partial charge in [0.15, 0.2) is 6.29 Å². The molecule has 0 aliphatic carbocycles. The molecule has 0 unspecified atom stereocenters. The summed E-state index contributed by atoms with van der Waals surface area (Å²) >= 11 is 5.01. The van der Waals surface area contributed by atoms with Crippen molar-refractivity contribution in [3.05, 3.63) is 22.7 Å². The number of ether oxygens (including phenoxy) is 2. The Bertz CT molecular complexity index is 367. The van der Waals surface area contributed by atoms with Crippen LogP contribution in [0.1, 0.15) is 12.8 Å². The Kier molecular flexibility index (Phi) is 5.16. The Morgan fingerprint density at radius 1 is 1.35 bits per heavy atom. The first-order valence-corrected chi connectivity index (χ1v) is 7.38. The van der Waals surface area contributed by atoms with Gasteiger partial charge in [0.2, 0.25) is 0 Å². The second-order valence-electron chi connectivity index (χ2n) is 3.77. The Balaban J connectivity index is 1.79. The van der Waals surface area contributed by atoms with Crippen molar-refractivity contribution in [3.8, 4) is 5.75 Å². The summed E-state index contributed by atoms with van der Waals surface area (Å²) in [6, 6.07) is 5.44. The van der Waals surface area contributed by atoms with E-state index in [1.165, 1.54) is 0 Å². The highest BCUT2D eigenvalue weighted by Crippen LogP contribution is 2.31. The van der Waals surface area contributed by atoms with Gasteiger partial charge in [-0.2, -0.15) is 0 Å². The minimum absolute atomic E-state index is 0.0782. The van der Waals surface area contributed by atoms with Gasteiger partial charge in [-0.1, -0.05) is 15.9 Å². The molecule has 5 heteroatoms. The zero-order valence-corrected chi connectivity index (χ0v) is 11.8. The zero-order valence-electron chi connectivity index (χ0n) is 9.39. The first kappa shape index (κ1) is 13.2. The fourth-order valence-corrected chi connectivity index (χ4v) is 3.04. The summed E-state index contributed by atoms with van der Waals surface area (Å²) in [5.74, 6) is 1.19. The van der Waals surface area contributed by atoms with Gasteiger partial charge in [-0.25, -0.2) is 0 Å². The van der Waals surface area contributed by atoms with Crippen molar-refractivity contribution in [2.24, 2.45) is 0 Å². The second kappa shape index (κ2) is 6.64. The maximum atomic E-state index is 9.67. The molecule has 0 bridgehead atoms. The molecule has 0 atom stereocenters. The van der Waals surface area contributed by atoms with E-state index < -0.39 is 0 Å². The average Bonchev–Trinajstić information content (AvgIpc) is 2.35. The number of hydrogen-bond donors (Lipinski definition) is 1. The van der Waals surface area contributed by atoms with Crippen LogP contribution in [-0.4, -0.2) is 30.4 Å². The van der Waals surface area contributed by atoms with Crippen LogP contribution in [0.2, 0.25) is 0 Å². The lowest BCUT2D eigenvalue weighted by molar-refractivity contribution is -0.178. The van der Waals surface area contributed by atoms with Crippen molar-refractivity contribution < 1.29 is 14.6 Å². The van der Waals surface area contributed by atoms with Gasteiger partial charge >= 0.3 is 0 Å². The van der Waals surface area contributed by atoms with E-state index in [2.05, 4.69) is 15.9 Å². The molecule has 1 aromatic rings. The number of benzene rings is 1. The zero-order chi connectivity index (χ0) is 12.1. The van der Waals surface area contributed by atoms with E-state index in [0.717, 1.165) is 41.2 Å². The van der Waals surface area contributed by atoms with E-state index >= 15 is 0 Å². The third kappa shape index (κ3) is 4.17. The number of hydrogen-bond acceptors (Lipinski definition) is 4. The third-order valence-corrected chi connectivity index (χ3v) is 4.00. The van der Waals surface area contributed by atoms with E-state index in [4.69, 9.17) is 9.47 Å². The largest absolute Gasteiger partial charge is 0.507 e. The van der Waals surface area contributed by atoms with Gasteiger partial charge in [-0.05, 0) is 24.6 Å². The lowest BCUT2D eigenvalue weighted by Gasteiger charge is -2.22. The molecule has 1 fully saturated rings. The van der Waals surface area contributed by atoms with Crippen LogP contribution in [0, 0.1) is 0 Å². The van der Waals surface area contributed by atoms with Crippen molar-refractivity contribution in [2.75, 3.05) is 19.0 Å². The van der Waals surface area contributed by atoms with E-state index in [0.29, 0.717) is 5.75 Å². The smallest absolute Gasteiger partial charge is 0.158 e. The van der Waals surface area contributed by atoms with Crippen molar-refractivity contribution in [1.29, 1.82) is 0 Å². The summed E-state index contributed by atoms with van der Waals surface area (Å²) < 4.78 is 11.9. The molecule has 1 aliphatic heterocycles. The minimum Gasteiger partial charge on any atom is -0.507 e. The normalized spacial score (nSPS) is 17.2.